The van der Waals surface area contributed by atoms with Crippen LogP contribution >= 0.6 is 0 Å². The van der Waals surface area contributed by atoms with E-state index >= 15 is 0 Å². The van der Waals surface area contributed by atoms with E-state index in [4.69, 9.17) is 4.74 Å². The van der Waals surface area contributed by atoms with Crippen LogP contribution in [0.5, 0.6) is 0 Å². The van der Waals surface area contributed by atoms with E-state index in [1.165, 1.54) is 19.6 Å². The van der Waals surface area contributed by atoms with Crippen molar-refractivity contribution in [1.82, 2.24) is 5.32 Å². The summed E-state index contributed by atoms with van der Waals surface area (Å²) in [4.78, 5) is 23.1. The largest absolute Gasteiger partial charge is 0.466 e. The average molecular weight is 319 g/mol. The predicted molar refractivity (Wildman–Crippen MR) is 88.7 cm³/mol. The first-order valence-corrected chi connectivity index (χ1v) is 7.76. The minimum Gasteiger partial charge on any atom is -0.466 e. The topological polar surface area (TPSA) is 64.6 Å². The molecule has 0 fully saturated rings. The van der Waals surface area contributed by atoms with Crippen molar-refractivity contribution in [3.63, 3.8) is 0 Å². The summed E-state index contributed by atoms with van der Waals surface area (Å²) in [5, 5.41) is 2.60. The van der Waals surface area contributed by atoms with E-state index in [9.17, 15) is 9.59 Å². The van der Waals surface area contributed by atoms with Crippen LogP contribution in [0, 0.1) is 11.8 Å². The molecule has 0 saturated carbocycles. The molecule has 0 aromatic rings. The van der Waals surface area contributed by atoms with Crippen molar-refractivity contribution in [3.8, 4) is 11.8 Å². The number of carbonyl (C=O) groups is 2. The molecule has 0 heterocycles. The number of nitrogens with one attached hydrogen (secondary N) is 1. The van der Waals surface area contributed by atoms with Gasteiger partial charge in [-0.05, 0) is 52.0 Å². The van der Waals surface area contributed by atoms with Crippen LogP contribution in [0.3, 0.4) is 0 Å². The second-order valence-corrected chi connectivity index (χ2v) is 6.27. The molecular formula is C18H25NO4. The molecule has 1 rings (SSSR count). The molecule has 0 unspecified atom stereocenters. The van der Waals surface area contributed by atoms with Crippen LogP contribution in [0.1, 0.15) is 46.5 Å². The quantitative estimate of drug-likeness (QED) is 0.493. The highest BCUT2D eigenvalue weighted by molar-refractivity contribution is 5.84. The van der Waals surface area contributed by atoms with Gasteiger partial charge >= 0.3 is 12.1 Å². The first-order valence-electron chi connectivity index (χ1n) is 7.76. The van der Waals surface area contributed by atoms with Gasteiger partial charge in [0.15, 0.2) is 0 Å². The molecule has 5 heteroatoms. The van der Waals surface area contributed by atoms with Crippen molar-refractivity contribution in [1.29, 1.82) is 0 Å². The van der Waals surface area contributed by atoms with E-state index in [2.05, 4.69) is 28.0 Å². The second-order valence-electron chi connectivity index (χ2n) is 6.27. The third-order valence-corrected chi connectivity index (χ3v) is 2.99. The highest BCUT2D eigenvalue weighted by Crippen LogP contribution is 2.16. The van der Waals surface area contributed by atoms with Gasteiger partial charge in [-0.1, -0.05) is 17.9 Å². The van der Waals surface area contributed by atoms with Crippen LogP contribution < -0.4 is 5.32 Å². The number of methoxy groups -OCH3 is 1. The lowest BCUT2D eigenvalue weighted by Gasteiger charge is -2.19. The Hall–Kier alpha value is -2.22. The zero-order valence-electron chi connectivity index (χ0n) is 14.3. The third kappa shape index (κ3) is 8.72. The molecule has 0 bridgehead atoms. The van der Waals surface area contributed by atoms with E-state index in [1.807, 2.05) is 0 Å². The lowest BCUT2D eigenvalue weighted by atomic mass is 10.00. The SMILES string of the molecule is COC(=O)/C=C(\C#CC1=CCCCC1)CNC(=O)OC(C)(C)C. The molecule has 1 aliphatic rings. The number of amides is 1. The Morgan fingerprint density at radius 1 is 1.35 bits per heavy atom. The fourth-order valence-corrected chi connectivity index (χ4v) is 1.93. The van der Waals surface area contributed by atoms with Crippen molar-refractivity contribution in [2.75, 3.05) is 13.7 Å². The first kappa shape index (κ1) is 18.8. The zero-order valence-corrected chi connectivity index (χ0v) is 14.3. The van der Waals surface area contributed by atoms with Crippen LogP contribution in [0.25, 0.3) is 0 Å². The maximum Gasteiger partial charge on any atom is 0.407 e. The van der Waals surface area contributed by atoms with Crippen molar-refractivity contribution < 1.29 is 19.1 Å². The molecule has 0 aliphatic heterocycles. The minimum atomic E-state index is -0.575. The number of hydrogen-bond acceptors (Lipinski definition) is 4. The molecule has 1 amide bonds. The van der Waals surface area contributed by atoms with Gasteiger partial charge in [-0.2, -0.15) is 0 Å². The molecule has 1 N–H and O–H groups in total. The van der Waals surface area contributed by atoms with E-state index < -0.39 is 17.7 Å². The molecule has 0 spiro atoms. The van der Waals surface area contributed by atoms with Gasteiger partial charge < -0.3 is 14.8 Å². The number of esters is 1. The summed E-state index contributed by atoms with van der Waals surface area (Å²) in [6.07, 6.45) is 7.17. The Bertz CT molecular complexity index is 556. The molecule has 23 heavy (non-hydrogen) atoms. The Balaban J connectivity index is 2.72. The normalized spacial score (nSPS) is 15.0. The molecule has 5 nitrogen and oxygen atoms in total. The molecular weight excluding hydrogens is 294 g/mol. The summed E-state index contributed by atoms with van der Waals surface area (Å²) < 4.78 is 9.78. The summed E-state index contributed by atoms with van der Waals surface area (Å²) in [5.41, 5.74) is 0.980. The highest BCUT2D eigenvalue weighted by Gasteiger charge is 2.16. The van der Waals surface area contributed by atoms with Crippen LogP contribution in [-0.4, -0.2) is 31.3 Å². The first-order chi connectivity index (χ1) is 10.8. The Morgan fingerprint density at radius 2 is 2.09 bits per heavy atom. The summed E-state index contributed by atoms with van der Waals surface area (Å²) in [6.45, 7) is 5.47. The van der Waals surface area contributed by atoms with E-state index in [0.717, 1.165) is 24.8 Å². The second kappa shape index (κ2) is 9.04. The van der Waals surface area contributed by atoms with Gasteiger partial charge in [-0.3, -0.25) is 0 Å². The summed E-state index contributed by atoms with van der Waals surface area (Å²) >= 11 is 0. The van der Waals surface area contributed by atoms with Gasteiger partial charge in [0.25, 0.3) is 0 Å². The third-order valence-electron chi connectivity index (χ3n) is 2.99. The fraction of sp³-hybridized carbons (Fsp3) is 0.556. The van der Waals surface area contributed by atoms with Gasteiger partial charge in [-0.25, -0.2) is 9.59 Å². The molecule has 0 aromatic carbocycles. The molecule has 0 radical (unpaired) electrons. The Morgan fingerprint density at radius 3 is 2.65 bits per heavy atom. The van der Waals surface area contributed by atoms with Gasteiger partial charge in [0, 0.05) is 11.6 Å². The monoisotopic (exact) mass is 319 g/mol. The summed E-state index contributed by atoms with van der Waals surface area (Å²) in [7, 11) is 1.30. The number of carbonyl (C=O) groups excluding carboxylic acids is 2. The van der Waals surface area contributed by atoms with Gasteiger partial charge in [-0.15, -0.1) is 0 Å². The number of alkyl carbamates (subject to hydrolysis) is 1. The lowest BCUT2D eigenvalue weighted by Crippen LogP contribution is -2.33. The Labute approximate surface area is 138 Å². The predicted octanol–water partition coefficient (Wildman–Crippen LogP) is 3.11. The van der Waals surface area contributed by atoms with Gasteiger partial charge in [0.05, 0.1) is 13.7 Å². The number of hydrogen-bond donors (Lipinski definition) is 1. The molecule has 0 aromatic heterocycles. The van der Waals surface area contributed by atoms with Gasteiger partial charge in [0.1, 0.15) is 5.60 Å². The highest BCUT2D eigenvalue weighted by atomic mass is 16.6. The zero-order chi connectivity index (χ0) is 17.3. The maximum absolute atomic E-state index is 11.7. The van der Waals surface area contributed by atoms with Crippen LogP contribution in [0.2, 0.25) is 0 Å². The van der Waals surface area contributed by atoms with Gasteiger partial charge in [0.2, 0.25) is 0 Å². The standard InChI is InChI=1S/C18H25NO4/c1-18(2,3)23-17(21)19-13-15(12-16(20)22-4)11-10-14-8-6-5-7-9-14/h8,12H,5-7,9,13H2,1-4H3,(H,19,21)/b15-12+. The molecule has 126 valence electrons. The maximum atomic E-state index is 11.7. The molecule has 1 aliphatic carbocycles. The van der Waals surface area contributed by atoms with Crippen molar-refractivity contribution in [2.45, 2.75) is 52.1 Å². The van der Waals surface area contributed by atoms with Crippen LogP contribution in [0.15, 0.2) is 23.3 Å². The fourth-order valence-electron chi connectivity index (χ4n) is 1.93. The summed E-state index contributed by atoms with van der Waals surface area (Å²) in [5.74, 6) is 5.51. The van der Waals surface area contributed by atoms with Crippen LogP contribution in [-0.2, 0) is 14.3 Å². The van der Waals surface area contributed by atoms with Crippen molar-refractivity contribution >= 4 is 12.1 Å². The van der Waals surface area contributed by atoms with E-state index in [1.54, 1.807) is 20.8 Å². The average Bonchev–Trinajstić information content (AvgIpc) is 2.49. The van der Waals surface area contributed by atoms with Crippen molar-refractivity contribution in [3.05, 3.63) is 23.3 Å². The molecule has 0 atom stereocenters. The smallest absolute Gasteiger partial charge is 0.407 e. The van der Waals surface area contributed by atoms with Crippen molar-refractivity contribution in [2.24, 2.45) is 0 Å². The van der Waals surface area contributed by atoms with E-state index in [0.29, 0.717) is 5.57 Å². The lowest BCUT2D eigenvalue weighted by molar-refractivity contribution is -0.134. The molecule has 0 saturated heterocycles. The number of rotatable bonds is 3. The van der Waals surface area contributed by atoms with Crippen LogP contribution in [0.4, 0.5) is 4.79 Å². The Kier molecular flexibility index (Phi) is 7.40. The summed E-state index contributed by atoms with van der Waals surface area (Å²) in [6, 6.07) is 0. The van der Waals surface area contributed by atoms with E-state index in [-0.39, 0.29) is 6.54 Å². The number of allylic oxidation sites excluding steroid dienone is 2. The minimum absolute atomic E-state index is 0.115. The number of ether oxygens (including phenoxy) is 2.